The molecule has 0 atom stereocenters. The van der Waals surface area contributed by atoms with Gasteiger partial charge < -0.3 is 5.32 Å². The summed E-state index contributed by atoms with van der Waals surface area (Å²) in [6.07, 6.45) is 6.92. The van der Waals surface area contributed by atoms with Gasteiger partial charge in [0.25, 0.3) is 0 Å². The molecule has 1 heteroatoms. The molecule has 0 radical (unpaired) electrons. The summed E-state index contributed by atoms with van der Waals surface area (Å²) in [5.41, 5.74) is 1.03. The monoisotopic (exact) mass is 251 g/mol. The second kappa shape index (κ2) is 4.81. The van der Waals surface area contributed by atoms with Gasteiger partial charge in [0.15, 0.2) is 0 Å². The Balaban J connectivity index is 1.83. The molecular formula is C17H33N. The molecule has 0 spiro atoms. The van der Waals surface area contributed by atoms with Gasteiger partial charge >= 0.3 is 0 Å². The van der Waals surface area contributed by atoms with Gasteiger partial charge in [-0.05, 0) is 54.8 Å². The maximum atomic E-state index is 3.95. The van der Waals surface area contributed by atoms with Crippen molar-refractivity contribution >= 4 is 0 Å². The van der Waals surface area contributed by atoms with Crippen LogP contribution in [-0.2, 0) is 0 Å². The molecule has 2 fully saturated rings. The molecule has 0 saturated heterocycles. The van der Waals surface area contributed by atoms with Crippen molar-refractivity contribution in [3.63, 3.8) is 0 Å². The highest BCUT2D eigenvalue weighted by Crippen LogP contribution is 2.46. The third kappa shape index (κ3) is 3.50. The zero-order valence-corrected chi connectivity index (χ0v) is 13.3. The second-order valence-corrected chi connectivity index (χ2v) is 8.95. The standard InChI is InChI=1S/C17H33N/c1-12(2)13-7-14(8-13)18-15-9-16(3,4)11-17(5,6)10-15/h12-15,18H,7-11H2,1-6H3. The van der Waals surface area contributed by atoms with Crippen LogP contribution in [0.5, 0.6) is 0 Å². The largest absolute Gasteiger partial charge is 0.311 e. The van der Waals surface area contributed by atoms with Gasteiger partial charge in [-0.1, -0.05) is 41.5 Å². The van der Waals surface area contributed by atoms with E-state index in [1.165, 1.54) is 32.1 Å². The summed E-state index contributed by atoms with van der Waals surface area (Å²) in [7, 11) is 0. The molecule has 0 unspecified atom stereocenters. The summed E-state index contributed by atoms with van der Waals surface area (Å²) in [4.78, 5) is 0. The Morgan fingerprint density at radius 2 is 1.39 bits per heavy atom. The predicted octanol–water partition coefficient (Wildman–Crippen LogP) is 4.62. The average molecular weight is 251 g/mol. The fourth-order valence-electron chi connectivity index (χ4n) is 4.64. The minimum atomic E-state index is 0.514. The van der Waals surface area contributed by atoms with Crippen molar-refractivity contribution in [2.45, 2.75) is 85.7 Å². The smallest absolute Gasteiger partial charge is 0.00798 e. The van der Waals surface area contributed by atoms with Crippen molar-refractivity contribution < 1.29 is 0 Å². The molecule has 106 valence electrons. The van der Waals surface area contributed by atoms with Gasteiger partial charge in [-0.2, -0.15) is 0 Å². The third-order valence-electron chi connectivity index (χ3n) is 5.14. The molecule has 1 nitrogen and oxygen atoms in total. The van der Waals surface area contributed by atoms with Gasteiger partial charge in [-0.15, -0.1) is 0 Å². The van der Waals surface area contributed by atoms with Crippen LogP contribution in [0.2, 0.25) is 0 Å². The molecule has 0 amide bonds. The van der Waals surface area contributed by atoms with E-state index < -0.39 is 0 Å². The van der Waals surface area contributed by atoms with Crippen molar-refractivity contribution in [3.8, 4) is 0 Å². The van der Waals surface area contributed by atoms with E-state index >= 15 is 0 Å². The molecule has 0 aromatic rings. The van der Waals surface area contributed by atoms with E-state index in [1.807, 2.05) is 0 Å². The molecule has 0 heterocycles. The van der Waals surface area contributed by atoms with Gasteiger partial charge in [0.1, 0.15) is 0 Å². The lowest BCUT2D eigenvalue weighted by molar-refractivity contribution is 0.0622. The molecule has 1 N–H and O–H groups in total. The normalized spacial score (nSPS) is 35.5. The van der Waals surface area contributed by atoms with Crippen molar-refractivity contribution in [2.24, 2.45) is 22.7 Å². The Bertz CT molecular complexity index is 268. The fraction of sp³-hybridized carbons (Fsp3) is 1.00. The maximum Gasteiger partial charge on any atom is 0.00798 e. The van der Waals surface area contributed by atoms with E-state index in [9.17, 15) is 0 Å². The van der Waals surface area contributed by atoms with Gasteiger partial charge in [0, 0.05) is 12.1 Å². The first-order valence-corrected chi connectivity index (χ1v) is 7.93. The average Bonchev–Trinajstić information content (AvgIpc) is 2.04. The SMILES string of the molecule is CC(C)C1CC(NC2CC(C)(C)CC(C)(C)C2)C1. The summed E-state index contributed by atoms with van der Waals surface area (Å²) in [6, 6.07) is 1.56. The first-order chi connectivity index (χ1) is 8.17. The van der Waals surface area contributed by atoms with Crippen LogP contribution in [0.3, 0.4) is 0 Å². The Kier molecular flexibility index (Phi) is 3.84. The van der Waals surface area contributed by atoms with Gasteiger partial charge in [0.2, 0.25) is 0 Å². The third-order valence-corrected chi connectivity index (χ3v) is 5.14. The topological polar surface area (TPSA) is 12.0 Å². The van der Waals surface area contributed by atoms with E-state index in [0.717, 1.165) is 23.9 Å². The number of hydrogen-bond acceptors (Lipinski definition) is 1. The Morgan fingerprint density at radius 3 is 1.83 bits per heavy atom. The predicted molar refractivity (Wildman–Crippen MR) is 79.7 cm³/mol. The molecule has 0 aromatic heterocycles. The summed E-state index contributed by atoms with van der Waals surface area (Å²) in [5.74, 6) is 1.86. The number of rotatable bonds is 3. The van der Waals surface area contributed by atoms with Crippen LogP contribution in [0, 0.1) is 22.7 Å². The van der Waals surface area contributed by atoms with Crippen molar-refractivity contribution in [3.05, 3.63) is 0 Å². The molecule has 2 aliphatic carbocycles. The van der Waals surface area contributed by atoms with Crippen molar-refractivity contribution in [2.75, 3.05) is 0 Å². The quantitative estimate of drug-likeness (QED) is 0.772. The highest BCUT2D eigenvalue weighted by molar-refractivity contribution is 4.96. The minimum absolute atomic E-state index is 0.514. The summed E-state index contributed by atoms with van der Waals surface area (Å²) in [6.45, 7) is 14.5. The van der Waals surface area contributed by atoms with Crippen LogP contribution >= 0.6 is 0 Å². The van der Waals surface area contributed by atoms with Gasteiger partial charge in [-0.25, -0.2) is 0 Å². The Morgan fingerprint density at radius 1 is 0.889 bits per heavy atom. The minimum Gasteiger partial charge on any atom is -0.311 e. The molecule has 0 bridgehead atoms. The molecule has 2 aliphatic rings. The maximum absolute atomic E-state index is 3.95. The van der Waals surface area contributed by atoms with Crippen molar-refractivity contribution in [1.29, 1.82) is 0 Å². The lowest BCUT2D eigenvalue weighted by Gasteiger charge is -2.48. The molecular weight excluding hydrogens is 218 g/mol. The van der Waals surface area contributed by atoms with Crippen LogP contribution < -0.4 is 5.32 Å². The lowest BCUT2D eigenvalue weighted by Crippen LogP contribution is -2.52. The van der Waals surface area contributed by atoms with Crippen molar-refractivity contribution in [1.82, 2.24) is 5.32 Å². The van der Waals surface area contributed by atoms with E-state index in [2.05, 4.69) is 46.9 Å². The molecule has 0 aromatic carbocycles. The van der Waals surface area contributed by atoms with Crippen LogP contribution in [0.25, 0.3) is 0 Å². The van der Waals surface area contributed by atoms with Crippen LogP contribution in [0.15, 0.2) is 0 Å². The Hall–Kier alpha value is -0.0400. The fourth-order valence-corrected chi connectivity index (χ4v) is 4.64. The molecule has 2 rings (SSSR count). The Labute approximate surface area is 114 Å². The van der Waals surface area contributed by atoms with Crippen LogP contribution in [-0.4, -0.2) is 12.1 Å². The molecule has 2 saturated carbocycles. The first kappa shape index (κ1) is 14.4. The van der Waals surface area contributed by atoms with E-state index in [1.54, 1.807) is 0 Å². The summed E-state index contributed by atoms with van der Waals surface area (Å²) in [5, 5.41) is 3.95. The number of nitrogens with one attached hydrogen (secondary N) is 1. The number of hydrogen-bond donors (Lipinski definition) is 1. The van der Waals surface area contributed by atoms with E-state index in [4.69, 9.17) is 0 Å². The summed E-state index contributed by atoms with van der Waals surface area (Å²) >= 11 is 0. The van der Waals surface area contributed by atoms with Crippen LogP contribution in [0.1, 0.15) is 73.6 Å². The zero-order chi connectivity index (χ0) is 13.6. The molecule has 18 heavy (non-hydrogen) atoms. The first-order valence-electron chi connectivity index (χ1n) is 7.93. The van der Waals surface area contributed by atoms with E-state index in [0.29, 0.717) is 10.8 Å². The van der Waals surface area contributed by atoms with Gasteiger partial charge in [-0.3, -0.25) is 0 Å². The summed E-state index contributed by atoms with van der Waals surface area (Å²) < 4.78 is 0. The van der Waals surface area contributed by atoms with Gasteiger partial charge in [0.05, 0.1) is 0 Å². The highest BCUT2D eigenvalue weighted by atomic mass is 15.0. The zero-order valence-electron chi connectivity index (χ0n) is 13.3. The lowest BCUT2D eigenvalue weighted by atomic mass is 9.63. The highest BCUT2D eigenvalue weighted by Gasteiger charge is 2.40. The van der Waals surface area contributed by atoms with Crippen LogP contribution in [0.4, 0.5) is 0 Å². The second-order valence-electron chi connectivity index (χ2n) is 8.95. The van der Waals surface area contributed by atoms with E-state index in [-0.39, 0.29) is 0 Å². The molecule has 0 aliphatic heterocycles.